The Labute approximate surface area is 205 Å². The van der Waals surface area contributed by atoms with Crippen LogP contribution in [0, 0.1) is 6.92 Å². The smallest absolute Gasteiger partial charge is 0.507 e. The fourth-order valence-corrected chi connectivity index (χ4v) is 4.95. The van der Waals surface area contributed by atoms with Crippen molar-refractivity contribution >= 4 is 31.7 Å². The van der Waals surface area contributed by atoms with E-state index in [1.54, 1.807) is 30.3 Å². The van der Waals surface area contributed by atoms with Crippen LogP contribution >= 0.6 is 0 Å². The second kappa shape index (κ2) is 8.57. The molecule has 182 valence electrons. The van der Waals surface area contributed by atoms with Gasteiger partial charge < -0.3 is 9.29 Å². The summed E-state index contributed by atoms with van der Waals surface area (Å²) in [5.41, 5.74) is -2.61. The van der Waals surface area contributed by atoms with Gasteiger partial charge in [0, 0.05) is 22.3 Å². The molecule has 0 aliphatic rings. The monoisotopic (exact) mass is 508 g/mol. The molecule has 36 heavy (non-hydrogen) atoms. The zero-order valence-corrected chi connectivity index (χ0v) is 19.7. The van der Waals surface area contributed by atoms with E-state index in [4.69, 9.17) is 0 Å². The minimum Gasteiger partial charge on any atom is -0.507 e. The summed E-state index contributed by atoms with van der Waals surface area (Å²) in [6.07, 6.45) is 0. The summed E-state index contributed by atoms with van der Waals surface area (Å²) < 4.78 is 67.9. The first kappa shape index (κ1) is 23.7. The summed E-state index contributed by atoms with van der Waals surface area (Å²) in [5.74, 6) is -0.352. The minimum atomic E-state index is -5.89. The maximum absolute atomic E-state index is 13.2. The van der Waals surface area contributed by atoms with Crippen molar-refractivity contribution in [2.45, 2.75) is 12.4 Å². The van der Waals surface area contributed by atoms with Crippen molar-refractivity contribution in [1.29, 1.82) is 0 Å². The summed E-state index contributed by atoms with van der Waals surface area (Å²) in [7, 11) is -5.89. The fraction of sp³-hybridized carbons (Fsp3) is 0.0714. The van der Waals surface area contributed by atoms with Gasteiger partial charge in [-0.1, -0.05) is 84.4 Å². The third-order valence-electron chi connectivity index (χ3n) is 5.99. The van der Waals surface area contributed by atoms with Crippen molar-refractivity contribution in [2.75, 3.05) is 0 Å². The average Bonchev–Trinajstić information content (AvgIpc) is 2.83. The maximum Gasteiger partial charge on any atom is 0.534 e. The third-order valence-corrected chi connectivity index (χ3v) is 6.96. The molecule has 0 aromatic heterocycles. The summed E-state index contributed by atoms with van der Waals surface area (Å²) >= 11 is 0. The number of phenols is 1. The van der Waals surface area contributed by atoms with Gasteiger partial charge in [0.15, 0.2) is 5.75 Å². The number of benzene rings is 5. The maximum atomic E-state index is 13.2. The van der Waals surface area contributed by atoms with E-state index in [1.807, 2.05) is 49.4 Å². The Morgan fingerprint density at radius 1 is 0.694 bits per heavy atom. The van der Waals surface area contributed by atoms with Gasteiger partial charge >= 0.3 is 15.6 Å². The van der Waals surface area contributed by atoms with Crippen molar-refractivity contribution in [3.05, 3.63) is 96.6 Å². The molecule has 0 aliphatic heterocycles. The lowest BCUT2D eigenvalue weighted by molar-refractivity contribution is -0.0499. The van der Waals surface area contributed by atoms with Crippen LogP contribution in [0.25, 0.3) is 43.8 Å². The van der Waals surface area contributed by atoms with Crippen molar-refractivity contribution < 1.29 is 30.9 Å². The van der Waals surface area contributed by atoms with E-state index in [0.29, 0.717) is 21.9 Å². The normalized spacial score (nSPS) is 12.2. The number of aryl methyl sites for hydroxylation is 1. The van der Waals surface area contributed by atoms with Crippen molar-refractivity contribution in [3.63, 3.8) is 0 Å². The first-order chi connectivity index (χ1) is 17.1. The van der Waals surface area contributed by atoms with Gasteiger partial charge in [-0.05, 0) is 40.6 Å². The number of hydrogen-bond donors (Lipinski definition) is 1. The lowest BCUT2D eigenvalue weighted by Gasteiger charge is -2.20. The van der Waals surface area contributed by atoms with Gasteiger partial charge in [0.1, 0.15) is 5.75 Å². The van der Waals surface area contributed by atoms with E-state index < -0.39 is 21.4 Å². The average molecular weight is 509 g/mol. The van der Waals surface area contributed by atoms with Crippen LogP contribution in [0.2, 0.25) is 0 Å². The molecule has 8 heteroatoms. The second-order valence-electron chi connectivity index (χ2n) is 8.34. The number of aromatic hydroxyl groups is 1. The molecule has 0 radical (unpaired) electrons. The third kappa shape index (κ3) is 3.93. The largest absolute Gasteiger partial charge is 0.534 e. The summed E-state index contributed by atoms with van der Waals surface area (Å²) in [6, 6.07) is 25.6. The molecule has 0 aliphatic carbocycles. The number of para-hydroxylation sites is 2. The molecule has 4 nitrogen and oxygen atoms in total. The molecule has 5 aromatic carbocycles. The van der Waals surface area contributed by atoms with Crippen LogP contribution in [0.5, 0.6) is 11.5 Å². The highest BCUT2D eigenvalue weighted by atomic mass is 32.2. The quantitative estimate of drug-likeness (QED) is 0.155. The zero-order valence-electron chi connectivity index (χ0n) is 18.9. The van der Waals surface area contributed by atoms with Crippen LogP contribution in [0.15, 0.2) is 91.0 Å². The number of fused-ring (bicyclic) bond motifs is 2. The Kier molecular flexibility index (Phi) is 5.64. The van der Waals surface area contributed by atoms with Crippen molar-refractivity contribution in [1.82, 2.24) is 0 Å². The van der Waals surface area contributed by atoms with E-state index >= 15 is 0 Å². The van der Waals surface area contributed by atoms with Crippen LogP contribution in [0.1, 0.15) is 5.56 Å². The van der Waals surface area contributed by atoms with Crippen LogP contribution in [0.4, 0.5) is 13.2 Å². The molecule has 0 heterocycles. The highest BCUT2D eigenvalue weighted by molar-refractivity contribution is 7.88. The first-order valence-electron chi connectivity index (χ1n) is 10.9. The molecule has 0 saturated carbocycles. The zero-order chi connectivity index (χ0) is 25.7. The standard InChI is InChI=1S/C28H19F3O4S/c1-17-14-15-20-23(16-17)27(22-11-5-7-13-25(22)35-36(33,34)28(29,30)31)19-9-3-2-8-18(19)26(20)21-10-4-6-12-24(21)32/h2-16,32H,1H3. The molecule has 5 aromatic rings. The van der Waals surface area contributed by atoms with Gasteiger partial charge in [0.25, 0.3) is 0 Å². The van der Waals surface area contributed by atoms with Crippen LogP contribution in [-0.4, -0.2) is 19.0 Å². The second-order valence-corrected chi connectivity index (χ2v) is 9.88. The lowest BCUT2D eigenvalue weighted by atomic mass is 9.85. The van der Waals surface area contributed by atoms with E-state index in [-0.39, 0.29) is 11.3 Å². The molecule has 0 unspecified atom stereocenters. The highest BCUT2D eigenvalue weighted by Gasteiger charge is 2.48. The topological polar surface area (TPSA) is 63.6 Å². The van der Waals surface area contributed by atoms with Crippen LogP contribution in [0.3, 0.4) is 0 Å². The minimum absolute atomic E-state index is 0.0808. The van der Waals surface area contributed by atoms with Crippen LogP contribution < -0.4 is 4.18 Å². The van der Waals surface area contributed by atoms with Gasteiger partial charge in [-0.25, -0.2) is 0 Å². The van der Waals surface area contributed by atoms with Crippen LogP contribution in [-0.2, 0) is 10.1 Å². The summed E-state index contributed by atoms with van der Waals surface area (Å²) in [6.45, 7) is 1.88. The van der Waals surface area contributed by atoms with Crippen molar-refractivity contribution in [2.24, 2.45) is 0 Å². The molecule has 0 bridgehead atoms. The van der Waals surface area contributed by atoms with Gasteiger partial charge in [-0.15, -0.1) is 0 Å². The number of halogens is 3. The van der Waals surface area contributed by atoms with Gasteiger partial charge in [0.05, 0.1) is 0 Å². The number of hydrogen-bond acceptors (Lipinski definition) is 4. The summed E-state index contributed by atoms with van der Waals surface area (Å²) in [5, 5.41) is 13.5. The Morgan fingerprint density at radius 2 is 1.22 bits per heavy atom. The lowest BCUT2D eigenvalue weighted by Crippen LogP contribution is -2.28. The van der Waals surface area contributed by atoms with E-state index in [2.05, 4.69) is 4.18 Å². The summed E-state index contributed by atoms with van der Waals surface area (Å²) in [4.78, 5) is 0. The Hall–Kier alpha value is -4.04. The molecule has 0 fully saturated rings. The number of alkyl halides is 3. The number of rotatable bonds is 4. The molecule has 5 rings (SSSR count). The number of phenolic OH excluding ortho intramolecular Hbond substituents is 1. The Bertz CT molecular complexity index is 1740. The Morgan fingerprint density at radius 3 is 1.86 bits per heavy atom. The van der Waals surface area contributed by atoms with Gasteiger partial charge in [-0.2, -0.15) is 21.6 Å². The van der Waals surface area contributed by atoms with Gasteiger partial charge in [0.2, 0.25) is 0 Å². The Balaban J connectivity index is 1.92. The van der Waals surface area contributed by atoms with Gasteiger partial charge in [-0.3, -0.25) is 0 Å². The predicted octanol–water partition coefficient (Wildman–Crippen LogP) is 7.57. The molecule has 0 amide bonds. The van der Waals surface area contributed by atoms with E-state index in [9.17, 15) is 26.7 Å². The molecule has 0 spiro atoms. The highest BCUT2D eigenvalue weighted by Crippen LogP contribution is 2.47. The first-order valence-corrected chi connectivity index (χ1v) is 12.3. The molecule has 0 atom stereocenters. The predicted molar refractivity (Wildman–Crippen MR) is 134 cm³/mol. The molecule has 0 saturated heterocycles. The molecule has 1 N–H and O–H groups in total. The fourth-order valence-electron chi connectivity index (χ4n) is 4.47. The van der Waals surface area contributed by atoms with Crippen molar-refractivity contribution in [3.8, 4) is 33.8 Å². The van der Waals surface area contributed by atoms with E-state index in [0.717, 1.165) is 21.9 Å². The van der Waals surface area contributed by atoms with E-state index in [1.165, 1.54) is 18.2 Å². The molecular formula is C28H19F3O4S. The molecular weight excluding hydrogens is 489 g/mol. The SMILES string of the molecule is Cc1ccc2c(-c3ccccc3O)c3ccccc3c(-c3ccccc3OS(=O)(=O)C(F)(F)F)c2c1.